The summed E-state index contributed by atoms with van der Waals surface area (Å²) in [6.07, 6.45) is 2.15. The first-order valence-corrected chi connectivity index (χ1v) is 6.09. The van der Waals surface area contributed by atoms with E-state index >= 15 is 0 Å². The molecule has 0 bridgehead atoms. The maximum atomic E-state index is 11.0. The molecule has 1 aromatic heterocycles. The molecule has 0 aromatic carbocycles. The Labute approximate surface area is 105 Å². The summed E-state index contributed by atoms with van der Waals surface area (Å²) in [5, 5.41) is 18.2. The van der Waals surface area contributed by atoms with Crippen LogP contribution in [0.4, 0.5) is 11.5 Å². The average molecular weight is 254 g/mol. The Bertz CT molecular complexity index is 438. The van der Waals surface area contributed by atoms with Crippen molar-refractivity contribution < 1.29 is 9.66 Å². The Morgan fingerprint density at radius 3 is 3.06 bits per heavy atom. The van der Waals surface area contributed by atoms with Gasteiger partial charge in [0.15, 0.2) is 0 Å². The fourth-order valence-corrected chi connectivity index (χ4v) is 2.27. The first kappa shape index (κ1) is 12.8. The molecule has 1 fully saturated rings. The van der Waals surface area contributed by atoms with E-state index in [1.807, 2.05) is 0 Å². The average Bonchev–Trinajstić information content (AvgIpc) is 2.62. The molecule has 0 spiro atoms. The van der Waals surface area contributed by atoms with Crippen LogP contribution < -0.4 is 5.32 Å². The summed E-state index contributed by atoms with van der Waals surface area (Å²) in [6.45, 7) is 3.87. The molecule has 1 unspecified atom stereocenters. The lowest BCUT2D eigenvalue weighted by Gasteiger charge is -2.22. The van der Waals surface area contributed by atoms with Gasteiger partial charge in [-0.05, 0) is 25.7 Å². The standard InChI is InChI=1S/C11H18N4O3/c1-8-10(15(16)17)11(14(2)13-8)12-6-9-4-3-5-18-7-9/h9,12H,3-7H2,1-2H3. The lowest BCUT2D eigenvalue weighted by molar-refractivity contribution is -0.384. The van der Waals surface area contributed by atoms with E-state index in [0.717, 1.165) is 26.1 Å². The van der Waals surface area contributed by atoms with Gasteiger partial charge in [0.25, 0.3) is 0 Å². The normalized spacial score (nSPS) is 19.8. The summed E-state index contributed by atoms with van der Waals surface area (Å²) in [5.74, 6) is 0.886. The Morgan fingerprint density at radius 1 is 1.67 bits per heavy atom. The van der Waals surface area contributed by atoms with Crippen molar-refractivity contribution in [3.63, 3.8) is 0 Å². The molecule has 1 saturated heterocycles. The first-order valence-electron chi connectivity index (χ1n) is 6.09. The number of nitrogens with one attached hydrogen (secondary N) is 1. The van der Waals surface area contributed by atoms with Gasteiger partial charge in [-0.25, -0.2) is 4.68 Å². The zero-order valence-electron chi connectivity index (χ0n) is 10.7. The molecule has 1 N–H and O–H groups in total. The molecule has 0 radical (unpaired) electrons. The highest BCUT2D eigenvalue weighted by molar-refractivity contribution is 5.59. The lowest BCUT2D eigenvalue weighted by atomic mass is 10.0. The van der Waals surface area contributed by atoms with Gasteiger partial charge < -0.3 is 10.1 Å². The molecular weight excluding hydrogens is 236 g/mol. The number of nitrogens with zero attached hydrogens (tertiary/aromatic N) is 3. The van der Waals surface area contributed by atoms with Crippen LogP contribution in [0.2, 0.25) is 0 Å². The lowest BCUT2D eigenvalue weighted by Crippen LogP contribution is -2.25. The van der Waals surface area contributed by atoms with E-state index in [1.165, 1.54) is 4.68 Å². The number of nitro groups is 1. The second-order valence-electron chi connectivity index (χ2n) is 4.63. The highest BCUT2D eigenvalue weighted by atomic mass is 16.6. The van der Waals surface area contributed by atoms with Crippen LogP contribution in [-0.4, -0.2) is 34.5 Å². The Balaban J connectivity index is 2.06. The van der Waals surface area contributed by atoms with E-state index in [9.17, 15) is 10.1 Å². The number of aryl methyl sites for hydroxylation is 2. The molecule has 1 atom stereocenters. The highest BCUT2D eigenvalue weighted by Gasteiger charge is 2.24. The predicted octanol–water partition coefficient (Wildman–Crippen LogP) is 1.48. The maximum absolute atomic E-state index is 11.0. The molecule has 7 nitrogen and oxygen atoms in total. The molecule has 100 valence electrons. The molecular formula is C11H18N4O3. The molecule has 2 rings (SSSR count). The molecule has 1 aliphatic heterocycles. The van der Waals surface area contributed by atoms with Crippen molar-refractivity contribution in [1.82, 2.24) is 9.78 Å². The van der Waals surface area contributed by atoms with Crippen LogP contribution in [0.5, 0.6) is 0 Å². The summed E-state index contributed by atoms with van der Waals surface area (Å²) in [5.41, 5.74) is 0.499. The number of hydrogen-bond donors (Lipinski definition) is 1. The molecule has 1 aromatic rings. The molecule has 18 heavy (non-hydrogen) atoms. The third kappa shape index (κ3) is 2.61. The Hall–Kier alpha value is -1.63. The SMILES string of the molecule is Cc1nn(C)c(NCC2CCCOC2)c1[N+](=O)[O-]. The molecule has 0 aliphatic carbocycles. The van der Waals surface area contributed by atoms with Crippen molar-refractivity contribution in [2.45, 2.75) is 19.8 Å². The van der Waals surface area contributed by atoms with Crippen LogP contribution in [0, 0.1) is 23.0 Å². The summed E-state index contributed by atoms with van der Waals surface area (Å²) in [7, 11) is 1.71. The number of hydrogen-bond acceptors (Lipinski definition) is 5. The van der Waals surface area contributed by atoms with E-state index in [2.05, 4.69) is 10.4 Å². The van der Waals surface area contributed by atoms with Gasteiger partial charge in [0.05, 0.1) is 11.5 Å². The van der Waals surface area contributed by atoms with Gasteiger partial charge in [-0.2, -0.15) is 5.10 Å². The summed E-state index contributed by atoms with van der Waals surface area (Å²) in [4.78, 5) is 10.6. The van der Waals surface area contributed by atoms with Gasteiger partial charge in [-0.3, -0.25) is 10.1 Å². The van der Waals surface area contributed by atoms with Crippen molar-refractivity contribution in [3.8, 4) is 0 Å². The van der Waals surface area contributed by atoms with Crippen LogP contribution in [0.25, 0.3) is 0 Å². The number of rotatable bonds is 4. The number of ether oxygens (including phenoxy) is 1. The largest absolute Gasteiger partial charge is 0.381 e. The highest BCUT2D eigenvalue weighted by Crippen LogP contribution is 2.27. The molecule has 0 saturated carbocycles. The third-order valence-corrected chi connectivity index (χ3v) is 3.19. The second-order valence-corrected chi connectivity index (χ2v) is 4.63. The van der Waals surface area contributed by atoms with E-state index < -0.39 is 0 Å². The van der Waals surface area contributed by atoms with Gasteiger partial charge in [0.1, 0.15) is 5.69 Å². The monoisotopic (exact) mass is 254 g/mol. The zero-order valence-corrected chi connectivity index (χ0v) is 10.7. The van der Waals surface area contributed by atoms with Crippen molar-refractivity contribution in [2.24, 2.45) is 13.0 Å². The first-order chi connectivity index (χ1) is 8.59. The summed E-state index contributed by atoms with van der Waals surface area (Å²) >= 11 is 0. The summed E-state index contributed by atoms with van der Waals surface area (Å²) in [6, 6.07) is 0. The fraction of sp³-hybridized carbons (Fsp3) is 0.727. The van der Waals surface area contributed by atoms with Crippen LogP contribution in [0.1, 0.15) is 18.5 Å². The van der Waals surface area contributed by atoms with Gasteiger partial charge in [0, 0.05) is 20.2 Å². The molecule has 1 aliphatic rings. The minimum Gasteiger partial charge on any atom is -0.381 e. The van der Waals surface area contributed by atoms with Gasteiger partial charge >= 0.3 is 5.69 Å². The molecule has 2 heterocycles. The third-order valence-electron chi connectivity index (χ3n) is 3.19. The van der Waals surface area contributed by atoms with Crippen LogP contribution in [0.3, 0.4) is 0 Å². The minimum atomic E-state index is -0.387. The van der Waals surface area contributed by atoms with Crippen LogP contribution >= 0.6 is 0 Å². The minimum absolute atomic E-state index is 0.0641. The second kappa shape index (κ2) is 5.34. The van der Waals surface area contributed by atoms with E-state index in [1.54, 1.807) is 14.0 Å². The Morgan fingerprint density at radius 2 is 2.44 bits per heavy atom. The van der Waals surface area contributed by atoms with E-state index in [-0.39, 0.29) is 10.6 Å². The van der Waals surface area contributed by atoms with Crippen molar-refractivity contribution in [2.75, 3.05) is 25.1 Å². The summed E-state index contributed by atoms with van der Waals surface area (Å²) < 4.78 is 6.91. The van der Waals surface area contributed by atoms with Gasteiger partial charge in [0.2, 0.25) is 5.82 Å². The maximum Gasteiger partial charge on any atom is 0.333 e. The predicted molar refractivity (Wildman–Crippen MR) is 66.6 cm³/mol. The smallest absolute Gasteiger partial charge is 0.333 e. The van der Waals surface area contributed by atoms with Gasteiger partial charge in [-0.15, -0.1) is 0 Å². The number of anilines is 1. The topological polar surface area (TPSA) is 82.2 Å². The zero-order chi connectivity index (χ0) is 13.1. The van der Waals surface area contributed by atoms with E-state index in [4.69, 9.17) is 4.74 Å². The van der Waals surface area contributed by atoms with Crippen molar-refractivity contribution in [3.05, 3.63) is 15.8 Å². The Kier molecular flexibility index (Phi) is 3.81. The van der Waals surface area contributed by atoms with Gasteiger partial charge in [-0.1, -0.05) is 0 Å². The van der Waals surface area contributed by atoms with Crippen LogP contribution in [0.15, 0.2) is 0 Å². The van der Waals surface area contributed by atoms with Crippen LogP contribution in [-0.2, 0) is 11.8 Å². The van der Waals surface area contributed by atoms with Crippen molar-refractivity contribution in [1.29, 1.82) is 0 Å². The quantitative estimate of drug-likeness (QED) is 0.650. The molecule has 7 heteroatoms. The van der Waals surface area contributed by atoms with E-state index in [0.29, 0.717) is 24.0 Å². The fourth-order valence-electron chi connectivity index (χ4n) is 2.27. The van der Waals surface area contributed by atoms with Crippen molar-refractivity contribution >= 4 is 11.5 Å². The molecule has 0 amide bonds. The number of aromatic nitrogens is 2.